The molecule has 2 N–H and O–H groups in total. The summed E-state index contributed by atoms with van der Waals surface area (Å²) in [6.07, 6.45) is 0. The molecule has 0 aliphatic heterocycles. The maximum Gasteiger partial charge on any atom is 0.279 e. The summed E-state index contributed by atoms with van der Waals surface area (Å²) in [5.74, 6) is 1.56. The Labute approximate surface area is 143 Å². The zero-order chi connectivity index (χ0) is 17.5. The first kappa shape index (κ1) is 17.8. The first-order valence-electron chi connectivity index (χ1n) is 7.90. The third-order valence-electron chi connectivity index (χ3n) is 3.78. The molecule has 0 saturated carbocycles. The molecule has 2 aromatic carbocycles. The molecular formula is C19H25N2O3+. The second kappa shape index (κ2) is 8.36. The summed E-state index contributed by atoms with van der Waals surface area (Å²) in [6.45, 7) is 3.06. The lowest BCUT2D eigenvalue weighted by Gasteiger charge is -2.16. The molecule has 0 aromatic heterocycles. The predicted molar refractivity (Wildman–Crippen MR) is 94.8 cm³/mol. The average Bonchev–Trinajstić information content (AvgIpc) is 2.56. The second-order valence-electron chi connectivity index (χ2n) is 5.90. The Kier molecular flexibility index (Phi) is 6.21. The van der Waals surface area contributed by atoms with Crippen molar-refractivity contribution in [1.82, 2.24) is 0 Å². The van der Waals surface area contributed by atoms with Crippen LogP contribution in [-0.4, -0.2) is 33.7 Å². The number of likely N-dealkylation sites (N-methyl/N-ethyl adjacent to an activating group) is 1. The molecule has 0 fully saturated rings. The lowest BCUT2D eigenvalue weighted by Crippen LogP contribution is -3.08. The van der Waals surface area contributed by atoms with Gasteiger partial charge in [0.2, 0.25) is 0 Å². The van der Waals surface area contributed by atoms with Crippen molar-refractivity contribution in [3.8, 4) is 11.5 Å². The van der Waals surface area contributed by atoms with Crippen LogP contribution in [0, 0.1) is 6.92 Å². The van der Waals surface area contributed by atoms with Gasteiger partial charge in [-0.15, -0.1) is 0 Å². The van der Waals surface area contributed by atoms with Crippen LogP contribution >= 0.6 is 0 Å². The van der Waals surface area contributed by atoms with Gasteiger partial charge in [0.1, 0.15) is 18.0 Å². The van der Waals surface area contributed by atoms with Crippen LogP contribution in [0.4, 0.5) is 5.69 Å². The number of rotatable bonds is 7. The molecule has 1 atom stereocenters. The molecule has 24 heavy (non-hydrogen) atoms. The fraction of sp³-hybridized carbons (Fsp3) is 0.316. The van der Waals surface area contributed by atoms with E-state index in [0.29, 0.717) is 13.1 Å². The zero-order valence-electron chi connectivity index (χ0n) is 14.7. The van der Waals surface area contributed by atoms with Crippen molar-refractivity contribution in [2.24, 2.45) is 0 Å². The van der Waals surface area contributed by atoms with E-state index in [9.17, 15) is 4.79 Å². The lowest BCUT2D eigenvalue weighted by atomic mass is 10.1. The van der Waals surface area contributed by atoms with Gasteiger partial charge in [-0.1, -0.05) is 17.7 Å². The summed E-state index contributed by atoms with van der Waals surface area (Å²) in [6, 6.07) is 13.5. The normalized spacial score (nSPS) is 11.7. The average molecular weight is 329 g/mol. The number of benzene rings is 2. The minimum Gasteiger partial charge on any atom is -0.497 e. The van der Waals surface area contributed by atoms with Crippen LogP contribution < -0.4 is 19.7 Å². The quantitative estimate of drug-likeness (QED) is 0.812. The fourth-order valence-corrected chi connectivity index (χ4v) is 2.52. The highest BCUT2D eigenvalue weighted by molar-refractivity contribution is 5.91. The monoisotopic (exact) mass is 329 g/mol. The molecule has 0 heterocycles. The Morgan fingerprint density at radius 2 is 1.79 bits per heavy atom. The predicted octanol–water partition coefficient (Wildman–Crippen LogP) is 1.67. The number of anilines is 1. The van der Waals surface area contributed by atoms with Crippen LogP contribution in [0.15, 0.2) is 42.5 Å². The van der Waals surface area contributed by atoms with Gasteiger partial charge in [-0.05, 0) is 37.3 Å². The third kappa shape index (κ3) is 4.99. The van der Waals surface area contributed by atoms with Crippen molar-refractivity contribution in [2.45, 2.75) is 13.5 Å². The minimum absolute atomic E-state index is 0.0155. The van der Waals surface area contributed by atoms with Crippen molar-refractivity contribution in [1.29, 1.82) is 0 Å². The molecule has 0 bridgehead atoms. The molecule has 1 unspecified atom stereocenters. The summed E-state index contributed by atoms with van der Waals surface area (Å²) in [5, 5.41) is 2.92. The lowest BCUT2D eigenvalue weighted by molar-refractivity contribution is -0.885. The van der Waals surface area contributed by atoms with E-state index in [-0.39, 0.29) is 5.91 Å². The van der Waals surface area contributed by atoms with E-state index < -0.39 is 0 Å². The number of methoxy groups -OCH3 is 2. The molecule has 2 rings (SSSR count). The first-order chi connectivity index (χ1) is 11.5. The molecule has 0 spiro atoms. The van der Waals surface area contributed by atoms with Gasteiger partial charge in [-0.3, -0.25) is 4.79 Å². The Hall–Kier alpha value is -2.53. The number of hydrogen-bond acceptors (Lipinski definition) is 3. The molecule has 1 amide bonds. The second-order valence-corrected chi connectivity index (χ2v) is 5.90. The highest BCUT2D eigenvalue weighted by Gasteiger charge is 2.14. The van der Waals surface area contributed by atoms with E-state index >= 15 is 0 Å². The maximum absolute atomic E-state index is 12.2. The van der Waals surface area contributed by atoms with E-state index in [0.717, 1.165) is 27.6 Å². The van der Waals surface area contributed by atoms with Gasteiger partial charge in [0.15, 0.2) is 6.54 Å². The first-order valence-corrected chi connectivity index (χ1v) is 7.90. The summed E-state index contributed by atoms with van der Waals surface area (Å²) in [4.78, 5) is 13.2. The molecule has 2 aromatic rings. The number of amides is 1. The van der Waals surface area contributed by atoms with Gasteiger partial charge in [0.05, 0.1) is 26.8 Å². The van der Waals surface area contributed by atoms with Crippen molar-refractivity contribution in [3.05, 3.63) is 53.6 Å². The van der Waals surface area contributed by atoms with Gasteiger partial charge in [-0.25, -0.2) is 0 Å². The molecule has 0 aliphatic carbocycles. The molecule has 0 saturated heterocycles. The van der Waals surface area contributed by atoms with Gasteiger partial charge >= 0.3 is 0 Å². The molecule has 0 radical (unpaired) electrons. The highest BCUT2D eigenvalue weighted by Crippen LogP contribution is 2.23. The third-order valence-corrected chi connectivity index (χ3v) is 3.78. The smallest absolute Gasteiger partial charge is 0.279 e. The largest absolute Gasteiger partial charge is 0.497 e. The summed E-state index contributed by atoms with van der Waals surface area (Å²) < 4.78 is 10.6. The van der Waals surface area contributed by atoms with Crippen molar-refractivity contribution in [3.63, 3.8) is 0 Å². The van der Waals surface area contributed by atoms with Crippen molar-refractivity contribution < 1.29 is 19.2 Å². The van der Waals surface area contributed by atoms with E-state index in [4.69, 9.17) is 9.47 Å². The Balaban J connectivity index is 1.96. The summed E-state index contributed by atoms with van der Waals surface area (Å²) in [5.41, 5.74) is 3.00. The highest BCUT2D eigenvalue weighted by atomic mass is 16.5. The Morgan fingerprint density at radius 1 is 1.08 bits per heavy atom. The number of carbonyl (C=O) groups is 1. The van der Waals surface area contributed by atoms with E-state index in [1.807, 2.05) is 56.4 Å². The molecule has 0 aliphatic rings. The van der Waals surface area contributed by atoms with Crippen molar-refractivity contribution >= 4 is 11.6 Å². The van der Waals surface area contributed by atoms with Crippen LogP contribution in [0.25, 0.3) is 0 Å². The van der Waals surface area contributed by atoms with Gasteiger partial charge in [0.25, 0.3) is 5.91 Å². The van der Waals surface area contributed by atoms with Crippen LogP contribution in [0.1, 0.15) is 11.1 Å². The maximum atomic E-state index is 12.2. The Bertz CT molecular complexity index is 684. The van der Waals surface area contributed by atoms with Crippen LogP contribution in [-0.2, 0) is 11.3 Å². The summed E-state index contributed by atoms with van der Waals surface area (Å²) in [7, 11) is 5.26. The number of quaternary nitrogens is 1. The van der Waals surface area contributed by atoms with E-state index in [2.05, 4.69) is 5.32 Å². The van der Waals surface area contributed by atoms with Gasteiger partial charge in [-0.2, -0.15) is 0 Å². The summed E-state index contributed by atoms with van der Waals surface area (Å²) >= 11 is 0. The number of nitrogens with one attached hydrogen (secondary N) is 2. The van der Waals surface area contributed by atoms with Crippen molar-refractivity contribution in [2.75, 3.05) is 33.1 Å². The molecule has 128 valence electrons. The molecule has 5 heteroatoms. The van der Waals surface area contributed by atoms with E-state index in [1.165, 1.54) is 5.56 Å². The van der Waals surface area contributed by atoms with Crippen LogP contribution in [0.3, 0.4) is 0 Å². The SMILES string of the molecule is COc1ccc(OC)c(C[NH+](C)CC(=O)Nc2ccc(C)cc2)c1. The Morgan fingerprint density at radius 3 is 2.42 bits per heavy atom. The van der Waals surface area contributed by atoms with Crippen LogP contribution in [0.2, 0.25) is 0 Å². The standard InChI is InChI=1S/C19H24N2O3/c1-14-5-7-16(8-6-14)20-19(22)13-21(2)12-15-11-17(23-3)9-10-18(15)24-4/h5-11H,12-13H2,1-4H3,(H,20,22)/p+1. The number of ether oxygens (including phenoxy) is 2. The molecule has 5 nitrogen and oxygen atoms in total. The van der Waals surface area contributed by atoms with Gasteiger partial charge in [0, 0.05) is 5.69 Å². The molecular weight excluding hydrogens is 304 g/mol. The number of hydrogen-bond donors (Lipinski definition) is 2. The van der Waals surface area contributed by atoms with E-state index in [1.54, 1.807) is 14.2 Å². The fourth-order valence-electron chi connectivity index (χ4n) is 2.52. The van der Waals surface area contributed by atoms with Gasteiger partial charge < -0.3 is 19.7 Å². The zero-order valence-corrected chi connectivity index (χ0v) is 14.7. The number of aryl methyl sites for hydroxylation is 1. The topological polar surface area (TPSA) is 52.0 Å². The minimum atomic E-state index is -0.0155. The van der Waals surface area contributed by atoms with Crippen LogP contribution in [0.5, 0.6) is 11.5 Å². The number of carbonyl (C=O) groups excluding carboxylic acids is 1.